The molecule has 0 fully saturated rings. The lowest BCUT2D eigenvalue weighted by atomic mass is 10.0. The predicted octanol–water partition coefficient (Wildman–Crippen LogP) is 1.42. The van der Waals surface area contributed by atoms with E-state index < -0.39 is 0 Å². The molecular formula is C6H11NO. The second-order valence-corrected chi connectivity index (χ2v) is 2.33. The van der Waals surface area contributed by atoms with Crippen LogP contribution in [0.15, 0.2) is 5.16 Å². The summed E-state index contributed by atoms with van der Waals surface area (Å²) in [6.07, 6.45) is 0.287. The van der Waals surface area contributed by atoms with E-state index in [1.807, 2.05) is 13.8 Å². The van der Waals surface area contributed by atoms with E-state index in [-0.39, 0.29) is 6.10 Å². The highest BCUT2D eigenvalue weighted by molar-refractivity contribution is 5.84. The maximum Gasteiger partial charge on any atom is 0.132 e. The van der Waals surface area contributed by atoms with E-state index in [1.165, 1.54) is 0 Å². The van der Waals surface area contributed by atoms with Crippen LogP contribution in [-0.4, -0.2) is 11.8 Å². The lowest BCUT2D eigenvalue weighted by Gasteiger charge is -2.04. The van der Waals surface area contributed by atoms with Gasteiger partial charge in [-0.15, -0.1) is 0 Å². The van der Waals surface area contributed by atoms with Gasteiger partial charge in [-0.2, -0.15) is 0 Å². The van der Waals surface area contributed by atoms with E-state index in [4.69, 9.17) is 4.84 Å². The maximum atomic E-state index is 4.97. The third kappa shape index (κ3) is 0.703. The average Bonchev–Trinajstić information content (AvgIpc) is 1.98. The van der Waals surface area contributed by atoms with Crippen molar-refractivity contribution in [2.24, 2.45) is 11.1 Å². The summed E-state index contributed by atoms with van der Waals surface area (Å²) < 4.78 is 0. The molecule has 0 aromatic rings. The topological polar surface area (TPSA) is 21.6 Å². The molecule has 1 aliphatic heterocycles. The Morgan fingerprint density at radius 2 is 2.12 bits per heavy atom. The number of hydrogen-bond donors (Lipinski definition) is 0. The monoisotopic (exact) mass is 113 g/mol. The first-order chi connectivity index (χ1) is 3.72. The molecule has 0 saturated heterocycles. The second kappa shape index (κ2) is 1.77. The summed E-state index contributed by atoms with van der Waals surface area (Å²) in [7, 11) is 0. The quantitative estimate of drug-likeness (QED) is 0.465. The molecular weight excluding hydrogens is 102 g/mol. The molecule has 1 heterocycles. The highest BCUT2D eigenvalue weighted by Gasteiger charge is 2.22. The van der Waals surface area contributed by atoms with Gasteiger partial charge in [0.2, 0.25) is 0 Å². The summed E-state index contributed by atoms with van der Waals surface area (Å²) in [5, 5.41) is 3.81. The van der Waals surface area contributed by atoms with Gasteiger partial charge in [0.1, 0.15) is 6.10 Å². The van der Waals surface area contributed by atoms with Gasteiger partial charge < -0.3 is 4.84 Å². The Labute approximate surface area is 49.5 Å². The summed E-state index contributed by atoms with van der Waals surface area (Å²) in [5.41, 5.74) is 1.11. The van der Waals surface area contributed by atoms with Gasteiger partial charge in [-0.25, -0.2) is 0 Å². The molecule has 0 aromatic heterocycles. The van der Waals surface area contributed by atoms with Gasteiger partial charge in [0.25, 0.3) is 0 Å². The van der Waals surface area contributed by atoms with Crippen LogP contribution in [0.2, 0.25) is 0 Å². The molecule has 2 atom stereocenters. The van der Waals surface area contributed by atoms with Gasteiger partial charge in [0, 0.05) is 5.92 Å². The van der Waals surface area contributed by atoms with Gasteiger partial charge in [-0.3, -0.25) is 0 Å². The summed E-state index contributed by atoms with van der Waals surface area (Å²) in [6.45, 7) is 6.15. The summed E-state index contributed by atoms with van der Waals surface area (Å²) in [4.78, 5) is 4.97. The Hall–Kier alpha value is -0.530. The van der Waals surface area contributed by atoms with Gasteiger partial charge in [-0.1, -0.05) is 12.1 Å². The van der Waals surface area contributed by atoms with Gasteiger partial charge >= 0.3 is 0 Å². The minimum Gasteiger partial charge on any atom is -0.392 e. The fourth-order valence-corrected chi connectivity index (χ4v) is 0.680. The Bertz CT molecular complexity index is 120. The Balaban J connectivity index is 2.59. The van der Waals surface area contributed by atoms with Crippen molar-refractivity contribution < 1.29 is 4.84 Å². The molecule has 0 saturated carbocycles. The van der Waals surface area contributed by atoms with Crippen LogP contribution >= 0.6 is 0 Å². The first-order valence-electron chi connectivity index (χ1n) is 2.92. The van der Waals surface area contributed by atoms with Crippen LogP contribution in [-0.2, 0) is 4.84 Å². The smallest absolute Gasteiger partial charge is 0.132 e. The van der Waals surface area contributed by atoms with E-state index >= 15 is 0 Å². The average molecular weight is 113 g/mol. The van der Waals surface area contributed by atoms with Crippen molar-refractivity contribution in [2.45, 2.75) is 26.9 Å². The second-order valence-electron chi connectivity index (χ2n) is 2.33. The third-order valence-corrected chi connectivity index (χ3v) is 1.73. The predicted molar refractivity (Wildman–Crippen MR) is 32.8 cm³/mol. The molecule has 46 valence electrons. The molecule has 0 aliphatic carbocycles. The molecule has 1 aliphatic rings. The molecule has 8 heavy (non-hydrogen) atoms. The summed E-state index contributed by atoms with van der Waals surface area (Å²) in [6, 6.07) is 0. The summed E-state index contributed by atoms with van der Waals surface area (Å²) in [5.74, 6) is 0.509. The molecule has 0 amide bonds. The number of nitrogens with zero attached hydrogens (tertiary/aromatic N) is 1. The Kier molecular flexibility index (Phi) is 1.24. The van der Waals surface area contributed by atoms with E-state index in [0.717, 1.165) is 5.71 Å². The van der Waals surface area contributed by atoms with Crippen LogP contribution in [0.3, 0.4) is 0 Å². The van der Waals surface area contributed by atoms with E-state index in [1.54, 1.807) is 0 Å². The van der Waals surface area contributed by atoms with E-state index in [2.05, 4.69) is 12.1 Å². The Morgan fingerprint density at radius 3 is 2.25 bits per heavy atom. The van der Waals surface area contributed by atoms with Crippen LogP contribution in [0.4, 0.5) is 0 Å². The standard InChI is InChI=1S/C6H11NO/c1-4-5(2)7-8-6(4)3/h4,6H,1-3H3. The van der Waals surface area contributed by atoms with Crippen molar-refractivity contribution in [2.75, 3.05) is 0 Å². The van der Waals surface area contributed by atoms with Crippen molar-refractivity contribution in [1.29, 1.82) is 0 Å². The zero-order chi connectivity index (χ0) is 6.15. The normalized spacial score (nSPS) is 36.6. The van der Waals surface area contributed by atoms with Crippen molar-refractivity contribution in [3.63, 3.8) is 0 Å². The maximum absolute atomic E-state index is 4.97. The lowest BCUT2D eigenvalue weighted by molar-refractivity contribution is 0.0799. The fourth-order valence-electron chi connectivity index (χ4n) is 0.680. The van der Waals surface area contributed by atoms with Crippen molar-refractivity contribution in [3.8, 4) is 0 Å². The highest BCUT2D eigenvalue weighted by atomic mass is 16.6. The minimum atomic E-state index is 0.287. The van der Waals surface area contributed by atoms with Crippen molar-refractivity contribution in [3.05, 3.63) is 0 Å². The number of hydrogen-bond acceptors (Lipinski definition) is 2. The highest BCUT2D eigenvalue weighted by Crippen LogP contribution is 2.15. The van der Waals surface area contributed by atoms with Crippen LogP contribution in [0.25, 0.3) is 0 Å². The van der Waals surface area contributed by atoms with E-state index in [0.29, 0.717) is 5.92 Å². The lowest BCUT2D eigenvalue weighted by Crippen LogP contribution is -2.13. The number of oxime groups is 1. The molecule has 0 bridgehead atoms. The first-order valence-corrected chi connectivity index (χ1v) is 2.92. The van der Waals surface area contributed by atoms with Gasteiger partial charge in [-0.05, 0) is 13.8 Å². The molecule has 2 nitrogen and oxygen atoms in total. The van der Waals surface area contributed by atoms with Crippen molar-refractivity contribution in [1.82, 2.24) is 0 Å². The van der Waals surface area contributed by atoms with Crippen LogP contribution in [0.5, 0.6) is 0 Å². The number of rotatable bonds is 0. The van der Waals surface area contributed by atoms with Crippen molar-refractivity contribution >= 4 is 5.71 Å². The first kappa shape index (κ1) is 5.60. The molecule has 0 radical (unpaired) electrons. The molecule has 0 aromatic carbocycles. The van der Waals surface area contributed by atoms with Gasteiger partial charge in [0.15, 0.2) is 0 Å². The molecule has 2 unspecified atom stereocenters. The summed E-state index contributed by atoms with van der Waals surface area (Å²) >= 11 is 0. The zero-order valence-electron chi connectivity index (χ0n) is 5.51. The zero-order valence-corrected chi connectivity index (χ0v) is 5.51. The van der Waals surface area contributed by atoms with Gasteiger partial charge in [0.05, 0.1) is 5.71 Å². The molecule has 0 N–H and O–H groups in total. The van der Waals surface area contributed by atoms with Crippen LogP contribution < -0.4 is 0 Å². The Morgan fingerprint density at radius 1 is 1.50 bits per heavy atom. The largest absolute Gasteiger partial charge is 0.392 e. The van der Waals surface area contributed by atoms with Crippen LogP contribution in [0.1, 0.15) is 20.8 Å². The molecule has 2 heteroatoms. The molecule has 1 rings (SSSR count). The molecule has 0 spiro atoms. The third-order valence-electron chi connectivity index (χ3n) is 1.73. The SMILES string of the molecule is CC1=NOC(C)C1C. The fraction of sp³-hybridized carbons (Fsp3) is 0.833. The van der Waals surface area contributed by atoms with Crippen LogP contribution in [0, 0.1) is 5.92 Å². The minimum absolute atomic E-state index is 0.287. The van der Waals surface area contributed by atoms with E-state index in [9.17, 15) is 0 Å².